The number of fused-ring (bicyclic) bond motifs is 1. The molecule has 38 heavy (non-hydrogen) atoms. The highest BCUT2D eigenvalue weighted by Gasteiger charge is 2.28. The van der Waals surface area contributed by atoms with Gasteiger partial charge in [0, 0.05) is 25.0 Å². The molecular weight excluding hydrogens is 487 g/mol. The second-order valence-electron chi connectivity index (χ2n) is 9.48. The number of benzene rings is 2. The van der Waals surface area contributed by atoms with Gasteiger partial charge in [-0.3, -0.25) is 9.59 Å². The highest BCUT2D eigenvalue weighted by molar-refractivity contribution is 6.07. The zero-order chi connectivity index (χ0) is 26.6. The molecule has 0 saturated carbocycles. The maximum Gasteiger partial charge on any atom is 0.309 e. The fourth-order valence-electron chi connectivity index (χ4n) is 4.94. The van der Waals surface area contributed by atoms with Crippen LogP contribution in [0.5, 0.6) is 5.75 Å². The molecule has 1 saturated heterocycles. The van der Waals surface area contributed by atoms with Crippen molar-refractivity contribution in [3.05, 3.63) is 71.7 Å². The molecule has 1 amide bonds. The lowest BCUT2D eigenvalue weighted by atomic mass is 9.96. The summed E-state index contributed by atoms with van der Waals surface area (Å²) < 4.78 is 26.1. The van der Waals surface area contributed by atoms with Crippen molar-refractivity contribution in [2.45, 2.75) is 26.7 Å². The number of nitrogens with one attached hydrogen (secondary N) is 1. The van der Waals surface area contributed by atoms with Gasteiger partial charge in [-0.1, -0.05) is 12.1 Å². The van der Waals surface area contributed by atoms with E-state index < -0.39 is 5.82 Å². The molecule has 0 spiro atoms. The van der Waals surface area contributed by atoms with E-state index in [2.05, 4.69) is 10.3 Å². The lowest BCUT2D eigenvalue weighted by molar-refractivity contribution is -0.148. The Morgan fingerprint density at radius 3 is 2.63 bits per heavy atom. The molecule has 9 heteroatoms. The van der Waals surface area contributed by atoms with Crippen LogP contribution < -0.4 is 19.9 Å². The Kier molecular flexibility index (Phi) is 7.44. The summed E-state index contributed by atoms with van der Waals surface area (Å²) in [6, 6.07) is 14.0. The number of carbonyl (C=O) groups is 2. The van der Waals surface area contributed by atoms with Gasteiger partial charge in [-0.25, -0.2) is 9.37 Å². The van der Waals surface area contributed by atoms with Crippen LogP contribution in [0.3, 0.4) is 0 Å². The first-order valence-corrected chi connectivity index (χ1v) is 12.9. The quantitative estimate of drug-likeness (QED) is 0.455. The topological polar surface area (TPSA) is 84.0 Å². The SMILES string of the molecule is CCOC(=O)C1CCN(c2ccc(NC(=O)c3cccc4c3OCCN4c3ccc(C)cn3)cc2F)CC1. The molecule has 3 aromatic rings. The average Bonchev–Trinajstić information content (AvgIpc) is 2.93. The van der Waals surface area contributed by atoms with E-state index in [1.165, 1.54) is 6.07 Å². The van der Waals surface area contributed by atoms with Crippen molar-refractivity contribution in [3.63, 3.8) is 0 Å². The minimum atomic E-state index is -0.430. The number of rotatable bonds is 6. The second kappa shape index (κ2) is 11.1. The van der Waals surface area contributed by atoms with Crippen LogP contribution >= 0.6 is 0 Å². The van der Waals surface area contributed by atoms with E-state index in [0.717, 1.165) is 17.1 Å². The fourth-order valence-corrected chi connectivity index (χ4v) is 4.94. The van der Waals surface area contributed by atoms with Crippen LogP contribution in [0, 0.1) is 18.7 Å². The molecule has 0 radical (unpaired) electrons. The zero-order valence-electron chi connectivity index (χ0n) is 21.6. The van der Waals surface area contributed by atoms with Crippen LogP contribution in [-0.4, -0.2) is 49.7 Å². The number of carbonyl (C=O) groups excluding carboxylic acids is 2. The van der Waals surface area contributed by atoms with Gasteiger partial charge in [0.15, 0.2) is 5.75 Å². The average molecular weight is 519 g/mol. The van der Waals surface area contributed by atoms with Crippen LogP contribution in [0.15, 0.2) is 54.7 Å². The predicted octanol–water partition coefficient (Wildman–Crippen LogP) is 5.09. The number of ether oxygens (including phenoxy) is 2. The third-order valence-electron chi connectivity index (χ3n) is 6.92. The molecule has 8 nitrogen and oxygen atoms in total. The Morgan fingerprint density at radius 1 is 1.11 bits per heavy atom. The Bertz CT molecular complexity index is 1320. The monoisotopic (exact) mass is 518 g/mol. The molecule has 2 aliphatic rings. The minimum absolute atomic E-state index is 0.149. The first-order valence-electron chi connectivity index (χ1n) is 12.9. The molecule has 1 aromatic heterocycles. The van der Waals surface area contributed by atoms with Gasteiger partial charge in [0.05, 0.1) is 36.0 Å². The molecule has 1 N–H and O–H groups in total. The van der Waals surface area contributed by atoms with Gasteiger partial charge in [-0.2, -0.15) is 0 Å². The summed E-state index contributed by atoms with van der Waals surface area (Å²) in [7, 11) is 0. The van der Waals surface area contributed by atoms with Crippen LogP contribution in [0.1, 0.15) is 35.7 Å². The third-order valence-corrected chi connectivity index (χ3v) is 6.92. The van der Waals surface area contributed by atoms with Crippen LogP contribution in [-0.2, 0) is 9.53 Å². The normalized spacial score (nSPS) is 15.4. The van der Waals surface area contributed by atoms with E-state index in [9.17, 15) is 9.59 Å². The molecule has 0 aliphatic carbocycles. The number of pyridine rings is 1. The largest absolute Gasteiger partial charge is 0.489 e. The van der Waals surface area contributed by atoms with Crippen LogP contribution in [0.25, 0.3) is 0 Å². The highest BCUT2D eigenvalue weighted by Crippen LogP contribution is 2.39. The van der Waals surface area contributed by atoms with Gasteiger partial charge in [0.2, 0.25) is 0 Å². The molecular formula is C29H31FN4O4. The first kappa shape index (κ1) is 25.5. The first-order chi connectivity index (χ1) is 18.4. The van der Waals surface area contributed by atoms with Gasteiger partial charge >= 0.3 is 5.97 Å². The van der Waals surface area contributed by atoms with Crippen molar-refractivity contribution in [1.82, 2.24) is 4.98 Å². The summed E-state index contributed by atoms with van der Waals surface area (Å²) in [6.07, 6.45) is 3.04. The number of nitrogens with zero attached hydrogens (tertiary/aromatic N) is 3. The van der Waals surface area contributed by atoms with Crippen LogP contribution in [0.2, 0.25) is 0 Å². The van der Waals surface area contributed by atoms with E-state index in [-0.39, 0.29) is 17.8 Å². The number of hydrogen-bond donors (Lipinski definition) is 1. The summed E-state index contributed by atoms with van der Waals surface area (Å²) in [5.74, 6) is 0.103. The Balaban J connectivity index is 1.29. The molecule has 1 fully saturated rings. The van der Waals surface area contributed by atoms with Gasteiger partial charge in [-0.05, 0) is 68.7 Å². The van der Waals surface area contributed by atoms with Crippen molar-refractivity contribution < 1.29 is 23.5 Å². The lowest BCUT2D eigenvalue weighted by Gasteiger charge is -2.33. The summed E-state index contributed by atoms with van der Waals surface area (Å²) in [4.78, 5) is 33.7. The Hall–Kier alpha value is -4.14. The van der Waals surface area contributed by atoms with Gasteiger partial charge < -0.3 is 24.6 Å². The van der Waals surface area contributed by atoms with E-state index in [1.54, 1.807) is 31.2 Å². The van der Waals surface area contributed by atoms with E-state index in [4.69, 9.17) is 9.47 Å². The summed E-state index contributed by atoms with van der Waals surface area (Å²) >= 11 is 0. The van der Waals surface area contributed by atoms with Crippen molar-refractivity contribution in [3.8, 4) is 5.75 Å². The van der Waals surface area contributed by atoms with Gasteiger partial charge in [-0.15, -0.1) is 0 Å². The van der Waals surface area contributed by atoms with E-state index >= 15 is 4.39 Å². The molecule has 2 aliphatic heterocycles. The Morgan fingerprint density at radius 2 is 1.92 bits per heavy atom. The lowest BCUT2D eigenvalue weighted by Crippen LogP contribution is -2.37. The van der Waals surface area contributed by atoms with E-state index in [1.807, 2.05) is 41.1 Å². The molecule has 198 valence electrons. The van der Waals surface area contributed by atoms with Crippen molar-refractivity contribution in [1.29, 1.82) is 0 Å². The fraction of sp³-hybridized carbons (Fsp3) is 0.345. The molecule has 0 unspecified atom stereocenters. The maximum atomic E-state index is 15.1. The smallest absolute Gasteiger partial charge is 0.309 e. The summed E-state index contributed by atoms with van der Waals surface area (Å²) in [5.41, 5.74) is 2.99. The molecule has 3 heterocycles. The molecule has 2 aromatic carbocycles. The number of aromatic nitrogens is 1. The summed E-state index contributed by atoms with van der Waals surface area (Å²) in [6.45, 7) is 6.27. The Labute approximate surface area is 221 Å². The number of amides is 1. The highest BCUT2D eigenvalue weighted by atomic mass is 19.1. The van der Waals surface area contributed by atoms with Crippen molar-refractivity contribution in [2.24, 2.45) is 5.92 Å². The number of hydrogen-bond acceptors (Lipinski definition) is 7. The number of aryl methyl sites for hydroxylation is 1. The predicted molar refractivity (Wildman–Crippen MR) is 144 cm³/mol. The number of piperidine rings is 1. The number of anilines is 4. The molecule has 0 atom stereocenters. The van der Waals surface area contributed by atoms with Crippen molar-refractivity contribution >= 4 is 34.8 Å². The van der Waals surface area contributed by atoms with Crippen LogP contribution in [0.4, 0.5) is 27.3 Å². The minimum Gasteiger partial charge on any atom is -0.489 e. The molecule has 5 rings (SSSR count). The standard InChI is InChI=1S/C29H31FN4O4/c1-3-37-29(36)20-11-13-33(14-12-20)24-9-8-21(17-23(24)30)32-28(35)22-5-4-6-25-27(22)38-16-15-34(25)26-10-7-19(2)18-31-26/h4-10,17-18,20H,3,11-16H2,1-2H3,(H,32,35). The van der Waals surface area contributed by atoms with E-state index in [0.29, 0.717) is 68.4 Å². The van der Waals surface area contributed by atoms with Gasteiger partial charge in [0.1, 0.15) is 18.2 Å². The second-order valence-corrected chi connectivity index (χ2v) is 9.48. The third kappa shape index (κ3) is 5.27. The number of para-hydroxylation sites is 1. The van der Waals surface area contributed by atoms with Gasteiger partial charge in [0.25, 0.3) is 5.91 Å². The van der Waals surface area contributed by atoms with Crippen molar-refractivity contribution in [2.75, 3.05) is 48.0 Å². The maximum absolute atomic E-state index is 15.1. The number of halogens is 1. The molecule has 0 bridgehead atoms. The number of esters is 1. The summed E-state index contributed by atoms with van der Waals surface area (Å²) in [5, 5.41) is 2.80. The zero-order valence-corrected chi connectivity index (χ0v) is 21.6.